The summed E-state index contributed by atoms with van der Waals surface area (Å²) in [5.41, 5.74) is 0. The standard InChI is InChI=1S/C12H26N4O3S/c1-2-14-12(16-7-9-20(13,17)18)15-6-3-8-19-10-11-4-5-11/h11H,2-10H2,1H3,(H2,13,17,18)(H2,14,15,16). The minimum atomic E-state index is -3.43. The smallest absolute Gasteiger partial charge is 0.210 e. The van der Waals surface area contributed by atoms with Gasteiger partial charge in [0.15, 0.2) is 5.96 Å². The second-order valence-corrected chi connectivity index (χ2v) is 6.66. The summed E-state index contributed by atoms with van der Waals surface area (Å²) in [6.07, 6.45) is 3.46. The normalized spacial score (nSPS) is 16.2. The third kappa shape index (κ3) is 9.99. The van der Waals surface area contributed by atoms with E-state index in [2.05, 4.69) is 15.6 Å². The van der Waals surface area contributed by atoms with E-state index in [1.807, 2.05) is 6.92 Å². The monoisotopic (exact) mass is 306 g/mol. The summed E-state index contributed by atoms with van der Waals surface area (Å²) in [5, 5.41) is 10.9. The number of rotatable bonds is 10. The van der Waals surface area contributed by atoms with Crippen molar-refractivity contribution in [3.05, 3.63) is 0 Å². The molecule has 0 aromatic carbocycles. The number of nitrogens with two attached hydrogens (primary N) is 1. The molecule has 1 aliphatic carbocycles. The van der Waals surface area contributed by atoms with E-state index in [4.69, 9.17) is 9.88 Å². The van der Waals surface area contributed by atoms with Gasteiger partial charge < -0.3 is 15.4 Å². The fraction of sp³-hybridized carbons (Fsp3) is 0.917. The molecule has 4 N–H and O–H groups in total. The number of sulfonamides is 1. The Hall–Kier alpha value is -0.860. The second kappa shape index (κ2) is 9.15. The molecule has 0 aromatic rings. The number of nitrogens with one attached hydrogen (secondary N) is 2. The Morgan fingerprint density at radius 3 is 2.75 bits per heavy atom. The molecule has 118 valence electrons. The molecule has 0 aliphatic heterocycles. The van der Waals surface area contributed by atoms with Crippen molar-refractivity contribution in [3.63, 3.8) is 0 Å². The summed E-state index contributed by atoms with van der Waals surface area (Å²) < 4.78 is 27.2. The lowest BCUT2D eigenvalue weighted by atomic mass is 10.4. The van der Waals surface area contributed by atoms with Gasteiger partial charge in [-0.2, -0.15) is 0 Å². The van der Waals surface area contributed by atoms with E-state index < -0.39 is 10.0 Å². The zero-order valence-electron chi connectivity index (χ0n) is 12.1. The Balaban J connectivity index is 2.12. The minimum absolute atomic E-state index is 0.109. The van der Waals surface area contributed by atoms with Gasteiger partial charge >= 0.3 is 0 Å². The van der Waals surface area contributed by atoms with E-state index in [0.717, 1.165) is 32.1 Å². The highest BCUT2D eigenvalue weighted by atomic mass is 32.2. The van der Waals surface area contributed by atoms with Crippen LogP contribution >= 0.6 is 0 Å². The maximum absolute atomic E-state index is 10.8. The van der Waals surface area contributed by atoms with Crippen LogP contribution in [0.1, 0.15) is 26.2 Å². The zero-order valence-corrected chi connectivity index (χ0v) is 12.9. The Morgan fingerprint density at radius 1 is 1.40 bits per heavy atom. The third-order valence-corrected chi connectivity index (χ3v) is 3.56. The van der Waals surface area contributed by atoms with Gasteiger partial charge in [-0.05, 0) is 32.1 Å². The maximum Gasteiger partial charge on any atom is 0.210 e. The summed E-state index contributed by atoms with van der Waals surface area (Å²) >= 11 is 0. The summed E-state index contributed by atoms with van der Waals surface area (Å²) in [4.78, 5) is 4.34. The van der Waals surface area contributed by atoms with Gasteiger partial charge in [0, 0.05) is 32.8 Å². The SMILES string of the molecule is CCNC(=NCCCOCC1CC1)NCCS(N)(=O)=O. The summed E-state index contributed by atoms with van der Waals surface area (Å²) in [6, 6.07) is 0. The topological polar surface area (TPSA) is 106 Å². The van der Waals surface area contributed by atoms with E-state index in [1.54, 1.807) is 0 Å². The van der Waals surface area contributed by atoms with Crippen LogP contribution < -0.4 is 15.8 Å². The highest BCUT2D eigenvalue weighted by Crippen LogP contribution is 2.28. The highest BCUT2D eigenvalue weighted by molar-refractivity contribution is 7.89. The van der Waals surface area contributed by atoms with Crippen molar-refractivity contribution in [2.24, 2.45) is 16.0 Å². The van der Waals surface area contributed by atoms with Crippen LogP contribution in [0.3, 0.4) is 0 Å². The molecule has 0 unspecified atom stereocenters. The molecular formula is C12H26N4O3S. The predicted molar refractivity (Wildman–Crippen MR) is 80.1 cm³/mol. The highest BCUT2D eigenvalue weighted by Gasteiger charge is 2.20. The minimum Gasteiger partial charge on any atom is -0.381 e. The quantitative estimate of drug-likeness (QED) is 0.290. The first-order valence-corrected chi connectivity index (χ1v) is 8.83. The van der Waals surface area contributed by atoms with Crippen LogP contribution in [0.2, 0.25) is 0 Å². The van der Waals surface area contributed by atoms with Gasteiger partial charge in [-0.1, -0.05) is 0 Å². The fourth-order valence-corrected chi connectivity index (χ4v) is 1.93. The molecule has 7 nitrogen and oxygen atoms in total. The van der Waals surface area contributed by atoms with Crippen molar-refractivity contribution in [3.8, 4) is 0 Å². The van der Waals surface area contributed by atoms with Crippen molar-refractivity contribution < 1.29 is 13.2 Å². The summed E-state index contributed by atoms with van der Waals surface area (Å²) in [5.74, 6) is 1.29. The van der Waals surface area contributed by atoms with Crippen LogP contribution in [0.5, 0.6) is 0 Å². The molecule has 0 saturated heterocycles. The van der Waals surface area contributed by atoms with E-state index in [9.17, 15) is 8.42 Å². The van der Waals surface area contributed by atoms with Gasteiger partial charge in [-0.25, -0.2) is 13.6 Å². The van der Waals surface area contributed by atoms with Gasteiger partial charge in [-0.15, -0.1) is 0 Å². The fourth-order valence-electron chi connectivity index (χ4n) is 1.55. The van der Waals surface area contributed by atoms with Crippen LogP contribution in [0, 0.1) is 5.92 Å². The van der Waals surface area contributed by atoms with Crippen molar-refractivity contribution in [1.82, 2.24) is 10.6 Å². The molecule has 0 spiro atoms. The molecule has 0 bridgehead atoms. The Bertz CT molecular complexity index is 394. The molecule has 1 saturated carbocycles. The summed E-state index contributed by atoms with van der Waals surface area (Å²) in [7, 11) is -3.43. The first-order chi connectivity index (χ1) is 9.51. The molecule has 1 aliphatic rings. The number of guanidine groups is 1. The lowest BCUT2D eigenvalue weighted by molar-refractivity contribution is 0.123. The van der Waals surface area contributed by atoms with Crippen molar-refractivity contribution in [2.75, 3.05) is 38.6 Å². The third-order valence-electron chi connectivity index (χ3n) is 2.79. The number of nitrogens with zero attached hydrogens (tertiary/aromatic N) is 1. The van der Waals surface area contributed by atoms with Crippen LogP contribution in [-0.2, 0) is 14.8 Å². The van der Waals surface area contributed by atoms with Crippen molar-refractivity contribution >= 4 is 16.0 Å². The van der Waals surface area contributed by atoms with Crippen LogP contribution in [0.15, 0.2) is 4.99 Å². The number of ether oxygens (including phenoxy) is 1. The first kappa shape index (κ1) is 17.2. The van der Waals surface area contributed by atoms with Crippen LogP contribution in [0.25, 0.3) is 0 Å². The number of primary sulfonamides is 1. The maximum atomic E-state index is 10.8. The predicted octanol–water partition coefficient (Wildman–Crippen LogP) is -0.353. The molecule has 0 radical (unpaired) electrons. The van der Waals surface area contributed by atoms with Crippen LogP contribution in [0.4, 0.5) is 0 Å². The molecule has 0 amide bonds. The molecule has 1 rings (SSSR count). The first-order valence-electron chi connectivity index (χ1n) is 7.11. The lowest BCUT2D eigenvalue weighted by Gasteiger charge is -2.10. The molecular weight excluding hydrogens is 280 g/mol. The summed E-state index contributed by atoms with van der Waals surface area (Å²) in [6.45, 7) is 5.17. The van der Waals surface area contributed by atoms with E-state index >= 15 is 0 Å². The van der Waals surface area contributed by atoms with Crippen LogP contribution in [-0.4, -0.2) is 53.0 Å². The molecule has 0 heterocycles. The average molecular weight is 306 g/mol. The lowest BCUT2D eigenvalue weighted by Crippen LogP contribution is -2.40. The number of hydrogen-bond acceptors (Lipinski definition) is 4. The number of aliphatic imine (C=N–C) groups is 1. The van der Waals surface area contributed by atoms with Crippen molar-refractivity contribution in [1.29, 1.82) is 0 Å². The Kier molecular flexibility index (Phi) is 7.86. The molecule has 0 atom stereocenters. The molecule has 8 heteroatoms. The van der Waals surface area contributed by atoms with Gasteiger partial charge in [0.2, 0.25) is 10.0 Å². The van der Waals surface area contributed by atoms with E-state index in [1.165, 1.54) is 12.8 Å². The number of hydrogen-bond donors (Lipinski definition) is 3. The molecule has 1 fully saturated rings. The zero-order chi connectivity index (χ0) is 14.8. The van der Waals surface area contributed by atoms with Gasteiger partial charge in [0.05, 0.1) is 5.75 Å². The largest absolute Gasteiger partial charge is 0.381 e. The van der Waals surface area contributed by atoms with E-state index in [0.29, 0.717) is 12.5 Å². The van der Waals surface area contributed by atoms with Crippen molar-refractivity contribution in [2.45, 2.75) is 26.2 Å². The van der Waals surface area contributed by atoms with Gasteiger partial charge in [0.1, 0.15) is 0 Å². The van der Waals surface area contributed by atoms with Gasteiger partial charge in [-0.3, -0.25) is 4.99 Å². The molecule has 20 heavy (non-hydrogen) atoms. The molecule has 0 aromatic heterocycles. The van der Waals surface area contributed by atoms with E-state index in [-0.39, 0.29) is 12.3 Å². The Labute approximate surface area is 121 Å². The Morgan fingerprint density at radius 2 is 2.15 bits per heavy atom. The van der Waals surface area contributed by atoms with Gasteiger partial charge in [0.25, 0.3) is 0 Å². The second-order valence-electron chi connectivity index (χ2n) is 4.93. The average Bonchev–Trinajstić information content (AvgIpc) is 3.16.